The van der Waals surface area contributed by atoms with E-state index in [0.29, 0.717) is 10.7 Å². The largest absolute Gasteiger partial charge is 0.250 e. The van der Waals surface area contributed by atoms with E-state index >= 15 is 0 Å². The van der Waals surface area contributed by atoms with Crippen molar-refractivity contribution in [2.75, 3.05) is 0 Å². The Morgan fingerprint density at radius 1 is 1.14 bits per heavy atom. The molecule has 0 saturated heterocycles. The second kappa shape index (κ2) is 7.25. The molecule has 0 amide bonds. The van der Waals surface area contributed by atoms with Crippen LogP contribution in [0.1, 0.15) is 35.7 Å². The first-order chi connectivity index (χ1) is 14.2. The summed E-state index contributed by atoms with van der Waals surface area (Å²) in [6, 6.07) is 18.4. The van der Waals surface area contributed by atoms with Crippen LogP contribution in [0.2, 0.25) is 0 Å². The topological polar surface area (TPSA) is 63.8 Å². The molecule has 144 valence electrons. The Bertz CT molecular complexity index is 1240. The first-order valence-corrected chi connectivity index (χ1v) is 10.0. The van der Waals surface area contributed by atoms with E-state index in [0.717, 1.165) is 41.2 Å². The van der Waals surface area contributed by atoms with Gasteiger partial charge in [0, 0.05) is 23.2 Å². The molecule has 1 saturated carbocycles. The monoisotopic (exact) mass is 400 g/mol. The SMILES string of the molecule is Cc1cccc(-c2nn(-c3ccccc3)cc2/C=N\n2c(C3CC3)n[nH]c2=S)c1. The van der Waals surface area contributed by atoms with Gasteiger partial charge in [0.25, 0.3) is 0 Å². The molecule has 1 aliphatic rings. The van der Waals surface area contributed by atoms with Crippen molar-refractivity contribution in [3.63, 3.8) is 0 Å². The highest BCUT2D eigenvalue weighted by molar-refractivity contribution is 7.71. The van der Waals surface area contributed by atoms with Crippen molar-refractivity contribution in [3.8, 4) is 16.9 Å². The smallest absolute Gasteiger partial charge is 0.216 e. The molecule has 2 aromatic carbocycles. The number of H-pyrrole nitrogens is 1. The highest BCUT2D eigenvalue weighted by atomic mass is 32.1. The summed E-state index contributed by atoms with van der Waals surface area (Å²) >= 11 is 5.37. The summed E-state index contributed by atoms with van der Waals surface area (Å²) in [5.74, 6) is 1.35. The Kier molecular flexibility index (Phi) is 4.44. The number of aromatic amines is 1. The summed E-state index contributed by atoms with van der Waals surface area (Å²) in [5.41, 5.74) is 5.04. The first-order valence-electron chi connectivity index (χ1n) is 9.63. The van der Waals surface area contributed by atoms with Gasteiger partial charge in [0.05, 0.1) is 11.9 Å². The van der Waals surface area contributed by atoms with E-state index in [9.17, 15) is 0 Å². The standard InChI is InChI=1S/C22H20N6S/c1-15-6-5-7-17(12-15)20-18(14-27(26-20)19-8-3-2-4-9-19)13-23-28-21(16-10-11-16)24-25-22(28)29/h2-9,12-14,16H,10-11H2,1H3,(H,25,29)/b23-13-. The molecule has 7 heteroatoms. The Labute approximate surface area is 173 Å². The van der Waals surface area contributed by atoms with Crippen LogP contribution < -0.4 is 0 Å². The summed E-state index contributed by atoms with van der Waals surface area (Å²) in [5, 5.41) is 16.7. The van der Waals surface area contributed by atoms with Gasteiger partial charge in [-0.05, 0) is 50.2 Å². The maximum Gasteiger partial charge on any atom is 0.216 e. The van der Waals surface area contributed by atoms with Gasteiger partial charge in [-0.15, -0.1) is 0 Å². The van der Waals surface area contributed by atoms with E-state index in [-0.39, 0.29) is 0 Å². The lowest BCUT2D eigenvalue weighted by molar-refractivity contribution is 0.773. The van der Waals surface area contributed by atoms with Crippen molar-refractivity contribution in [1.82, 2.24) is 24.7 Å². The molecular weight excluding hydrogens is 380 g/mol. The molecule has 5 rings (SSSR count). The van der Waals surface area contributed by atoms with Gasteiger partial charge in [-0.25, -0.2) is 4.68 Å². The van der Waals surface area contributed by atoms with Crippen LogP contribution in [0.3, 0.4) is 0 Å². The summed E-state index contributed by atoms with van der Waals surface area (Å²) in [6.45, 7) is 2.08. The number of aryl methyl sites for hydroxylation is 1. The second-order valence-corrected chi connectivity index (χ2v) is 7.69. The predicted molar refractivity (Wildman–Crippen MR) is 116 cm³/mol. The molecule has 4 aromatic rings. The van der Waals surface area contributed by atoms with Gasteiger partial charge in [-0.2, -0.15) is 20.0 Å². The van der Waals surface area contributed by atoms with Crippen LogP contribution in [0.5, 0.6) is 0 Å². The van der Waals surface area contributed by atoms with E-state index < -0.39 is 0 Å². The Hall–Kier alpha value is -3.32. The number of hydrogen-bond acceptors (Lipinski definition) is 4. The maximum absolute atomic E-state index is 5.37. The van der Waals surface area contributed by atoms with Gasteiger partial charge >= 0.3 is 0 Å². The number of nitrogens with one attached hydrogen (secondary N) is 1. The lowest BCUT2D eigenvalue weighted by atomic mass is 10.1. The van der Waals surface area contributed by atoms with Crippen molar-refractivity contribution in [3.05, 3.63) is 82.5 Å². The number of para-hydroxylation sites is 1. The van der Waals surface area contributed by atoms with Crippen LogP contribution in [0.15, 0.2) is 65.9 Å². The average molecular weight is 401 g/mol. The third-order valence-corrected chi connectivity index (χ3v) is 5.25. The highest BCUT2D eigenvalue weighted by Crippen LogP contribution is 2.38. The lowest BCUT2D eigenvalue weighted by Gasteiger charge is -2.02. The molecule has 1 fully saturated rings. The molecule has 2 heterocycles. The quantitative estimate of drug-likeness (QED) is 0.384. The molecule has 6 nitrogen and oxygen atoms in total. The average Bonchev–Trinajstić information content (AvgIpc) is 3.39. The molecular formula is C22H20N6S. The molecule has 1 N–H and O–H groups in total. The number of hydrogen-bond donors (Lipinski definition) is 1. The second-order valence-electron chi connectivity index (χ2n) is 7.30. The van der Waals surface area contributed by atoms with Crippen LogP contribution in [-0.2, 0) is 0 Å². The summed E-state index contributed by atoms with van der Waals surface area (Å²) in [7, 11) is 0. The molecule has 0 spiro atoms. The summed E-state index contributed by atoms with van der Waals surface area (Å²) < 4.78 is 4.12. The van der Waals surface area contributed by atoms with Gasteiger partial charge in [0.15, 0.2) is 5.82 Å². The Morgan fingerprint density at radius 3 is 2.72 bits per heavy atom. The fourth-order valence-electron chi connectivity index (χ4n) is 3.35. The number of benzene rings is 2. The Balaban J connectivity index is 1.60. The van der Waals surface area contributed by atoms with Gasteiger partial charge in [-0.3, -0.25) is 5.10 Å². The Morgan fingerprint density at radius 2 is 1.97 bits per heavy atom. The van der Waals surface area contributed by atoms with Crippen molar-refractivity contribution >= 4 is 18.4 Å². The fraction of sp³-hybridized carbons (Fsp3) is 0.182. The van der Waals surface area contributed by atoms with Crippen LogP contribution in [0, 0.1) is 11.7 Å². The zero-order valence-corrected chi connectivity index (χ0v) is 16.8. The zero-order valence-electron chi connectivity index (χ0n) is 16.0. The minimum atomic E-state index is 0.448. The number of nitrogens with zero attached hydrogens (tertiary/aromatic N) is 5. The third kappa shape index (κ3) is 3.56. The van der Waals surface area contributed by atoms with E-state index in [1.807, 2.05) is 53.5 Å². The first kappa shape index (κ1) is 17.8. The molecule has 2 aromatic heterocycles. The van der Waals surface area contributed by atoms with Gasteiger partial charge in [0.2, 0.25) is 4.77 Å². The predicted octanol–water partition coefficient (Wildman–Crippen LogP) is 4.86. The summed E-state index contributed by atoms with van der Waals surface area (Å²) in [6.07, 6.45) is 6.09. The lowest BCUT2D eigenvalue weighted by Crippen LogP contribution is -1.97. The van der Waals surface area contributed by atoms with E-state index in [4.69, 9.17) is 17.3 Å². The van der Waals surface area contributed by atoms with Gasteiger partial charge in [-0.1, -0.05) is 42.0 Å². The normalized spacial score (nSPS) is 14.0. The zero-order chi connectivity index (χ0) is 19.8. The highest BCUT2D eigenvalue weighted by Gasteiger charge is 2.29. The summed E-state index contributed by atoms with van der Waals surface area (Å²) in [4.78, 5) is 0. The molecule has 0 radical (unpaired) electrons. The van der Waals surface area contributed by atoms with Gasteiger partial charge in [0.1, 0.15) is 5.69 Å². The molecule has 1 aliphatic carbocycles. The molecule has 0 unspecified atom stereocenters. The minimum absolute atomic E-state index is 0.448. The number of rotatable bonds is 5. The third-order valence-electron chi connectivity index (χ3n) is 4.99. The van der Waals surface area contributed by atoms with Crippen molar-refractivity contribution in [1.29, 1.82) is 0 Å². The van der Waals surface area contributed by atoms with Crippen molar-refractivity contribution in [2.45, 2.75) is 25.7 Å². The van der Waals surface area contributed by atoms with Crippen LogP contribution in [-0.4, -0.2) is 30.9 Å². The number of aromatic nitrogens is 5. The molecule has 0 aliphatic heterocycles. The van der Waals surface area contributed by atoms with E-state index in [1.165, 1.54) is 5.56 Å². The van der Waals surface area contributed by atoms with Gasteiger partial charge < -0.3 is 0 Å². The fourth-order valence-corrected chi connectivity index (χ4v) is 3.54. The molecule has 0 bridgehead atoms. The van der Waals surface area contributed by atoms with Crippen molar-refractivity contribution in [2.24, 2.45) is 5.10 Å². The van der Waals surface area contributed by atoms with E-state index in [1.54, 1.807) is 4.68 Å². The van der Waals surface area contributed by atoms with Crippen LogP contribution in [0.4, 0.5) is 0 Å². The molecule has 0 atom stereocenters. The maximum atomic E-state index is 5.37. The van der Waals surface area contributed by atoms with Crippen LogP contribution >= 0.6 is 12.2 Å². The van der Waals surface area contributed by atoms with E-state index in [2.05, 4.69) is 40.4 Å². The minimum Gasteiger partial charge on any atom is -0.250 e. The van der Waals surface area contributed by atoms with Crippen molar-refractivity contribution < 1.29 is 0 Å². The molecule has 29 heavy (non-hydrogen) atoms. The van der Waals surface area contributed by atoms with Crippen LogP contribution in [0.25, 0.3) is 16.9 Å².